The maximum absolute atomic E-state index is 12.6. The molecule has 2 aromatic carbocycles. The highest BCUT2D eigenvalue weighted by Gasteiger charge is 2.35. The first-order valence-corrected chi connectivity index (χ1v) is 9.34. The summed E-state index contributed by atoms with van der Waals surface area (Å²) in [7, 11) is 0. The molecule has 2 aliphatic rings. The van der Waals surface area contributed by atoms with E-state index in [-0.39, 0.29) is 30.9 Å². The summed E-state index contributed by atoms with van der Waals surface area (Å²) in [6.45, 7) is 2.27. The van der Waals surface area contributed by atoms with E-state index in [0.29, 0.717) is 36.0 Å². The molecule has 150 valence electrons. The molecule has 0 spiro atoms. The average molecular weight is 395 g/mol. The summed E-state index contributed by atoms with van der Waals surface area (Å²) < 4.78 is 10.6. The van der Waals surface area contributed by atoms with Crippen molar-refractivity contribution >= 4 is 29.1 Å². The van der Waals surface area contributed by atoms with Crippen LogP contribution >= 0.6 is 0 Å². The van der Waals surface area contributed by atoms with Gasteiger partial charge in [0.05, 0.1) is 5.92 Å². The fourth-order valence-electron chi connectivity index (χ4n) is 3.47. The van der Waals surface area contributed by atoms with Crippen LogP contribution in [0.3, 0.4) is 0 Å². The minimum atomic E-state index is -0.430. The zero-order valence-electron chi connectivity index (χ0n) is 15.9. The molecular formula is C21H21N3O5. The number of amides is 3. The molecule has 4 rings (SSSR count). The Balaban J connectivity index is 1.37. The van der Waals surface area contributed by atoms with Crippen LogP contribution in [0.4, 0.5) is 11.4 Å². The Morgan fingerprint density at radius 1 is 1.14 bits per heavy atom. The summed E-state index contributed by atoms with van der Waals surface area (Å²) in [5.41, 5.74) is 2.16. The van der Waals surface area contributed by atoms with E-state index in [1.54, 1.807) is 29.2 Å². The maximum atomic E-state index is 12.6. The van der Waals surface area contributed by atoms with E-state index >= 15 is 0 Å². The summed E-state index contributed by atoms with van der Waals surface area (Å²) in [5.74, 6) is 0.456. The van der Waals surface area contributed by atoms with Crippen molar-refractivity contribution in [3.8, 4) is 11.5 Å². The lowest BCUT2D eigenvalue weighted by Crippen LogP contribution is -2.32. The lowest BCUT2D eigenvalue weighted by molar-refractivity contribution is -0.126. The Morgan fingerprint density at radius 2 is 1.97 bits per heavy atom. The maximum Gasteiger partial charge on any atom is 0.231 e. The van der Waals surface area contributed by atoms with Crippen molar-refractivity contribution in [3.63, 3.8) is 0 Å². The van der Waals surface area contributed by atoms with E-state index in [0.717, 1.165) is 5.56 Å². The fraction of sp³-hybridized carbons (Fsp3) is 0.286. The number of carbonyl (C=O) groups is 3. The van der Waals surface area contributed by atoms with Gasteiger partial charge < -0.3 is 25.0 Å². The van der Waals surface area contributed by atoms with Gasteiger partial charge in [0.2, 0.25) is 24.5 Å². The van der Waals surface area contributed by atoms with E-state index in [2.05, 4.69) is 10.6 Å². The predicted octanol–water partition coefficient (Wildman–Crippen LogP) is 2.04. The normalized spacial score (nSPS) is 17.3. The minimum absolute atomic E-state index is 0.117. The second-order valence-corrected chi connectivity index (χ2v) is 7.04. The zero-order valence-corrected chi connectivity index (χ0v) is 15.9. The van der Waals surface area contributed by atoms with Crippen molar-refractivity contribution in [1.82, 2.24) is 5.32 Å². The van der Waals surface area contributed by atoms with Crippen LogP contribution in [-0.2, 0) is 20.9 Å². The predicted molar refractivity (Wildman–Crippen MR) is 106 cm³/mol. The molecule has 3 amide bonds. The van der Waals surface area contributed by atoms with E-state index in [9.17, 15) is 14.4 Å². The molecule has 8 nitrogen and oxygen atoms in total. The standard InChI is InChI=1S/C21H21N3O5/c1-13(25)23-16-3-2-4-17(9-16)24-11-15(8-20(24)26)21(27)22-10-14-5-6-18-19(7-14)29-12-28-18/h2-7,9,15H,8,10-12H2,1H3,(H,22,27)(H,23,25). The van der Waals surface area contributed by atoms with Crippen LogP contribution in [0.5, 0.6) is 11.5 Å². The highest BCUT2D eigenvalue weighted by Crippen LogP contribution is 2.32. The molecule has 2 aliphatic heterocycles. The Bertz CT molecular complexity index is 975. The van der Waals surface area contributed by atoms with E-state index in [4.69, 9.17) is 9.47 Å². The van der Waals surface area contributed by atoms with Crippen molar-refractivity contribution in [2.45, 2.75) is 19.9 Å². The number of carbonyl (C=O) groups excluding carboxylic acids is 3. The van der Waals surface area contributed by atoms with Crippen LogP contribution in [-0.4, -0.2) is 31.1 Å². The Hall–Kier alpha value is -3.55. The molecule has 8 heteroatoms. The number of anilines is 2. The Morgan fingerprint density at radius 3 is 2.79 bits per heavy atom. The van der Waals surface area contributed by atoms with Crippen molar-refractivity contribution in [2.24, 2.45) is 5.92 Å². The number of nitrogens with zero attached hydrogens (tertiary/aromatic N) is 1. The molecule has 1 fully saturated rings. The number of hydrogen-bond donors (Lipinski definition) is 2. The molecule has 1 saturated heterocycles. The largest absolute Gasteiger partial charge is 0.454 e. The zero-order chi connectivity index (χ0) is 20.4. The SMILES string of the molecule is CC(=O)Nc1cccc(N2CC(C(=O)NCc3ccc4c(c3)OCO4)CC2=O)c1. The number of benzene rings is 2. The minimum Gasteiger partial charge on any atom is -0.454 e. The number of nitrogens with one attached hydrogen (secondary N) is 2. The smallest absolute Gasteiger partial charge is 0.231 e. The summed E-state index contributed by atoms with van der Waals surface area (Å²) >= 11 is 0. The second kappa shape index (κ2) is 7.83. The lowest BCUT2D eigenvalue weighted by Gasteiger charge is -2.18. The van der Waals surface area contributed by atoms with Gasteiger partial charge in [-0.25, -0.2) is 0 Å². The summed E-state index contributed by atoms with van der Waals surface area (Å²) in [6, 6.07) is 12.5. The molecule has 1 atom stereocenters. The monoisotopic (exact) mass is 395 g/mol. The van der Waals surface area contributed by atoms with Crippen molar-refractivity contribution in [1.29, 1.82) is 0 Å². The van der Waals surface area contributed by atoms with Crippen LogP contribution < -0.4 is 25.0 Å². The topological polar surface area (TPSA) is 97.0 Å². The third-order valence-corrected chi connectivity index (χ3v) is 4.88. The Kier molecular flexibility index (Phi) is 5.07. The lowest BCUT2D eigenvalue weighted by atomic mass is 10.1. The quantitative estimate of drug-likeness (QED) is 0.808. The first-order valence-electron chi connectivity index (χ1n) is 9.34. The molecule has 2 heterocycles. The van der Waals surface area contributed by atoms with E-state index in [1.165, 1.54) is 6.92 Å². The van der Waals surface area contributed by atoms with Crippen LogP contribution in [0.1, 0.15) is 18.9 Å². The fourth-order valence-corrected chi connectivity index (χ4v) is 3.47. The van der Waals surface area contributed by atoms with Gasteiger partial charge in [-0.3, -0.25) is 14.4 Å². The molecule has 1 unspecified atom stereocenters. The molecule has 0 aromatic heterocycles. The van der Waals surface area contributed by atoms with Gasteiger partial charge >= 0.3 is 0 Å². The number of rotatable bonds is 5. The van der Waals surface area contributed by atoms with Gasteiger partial charge in [0.15, 0.2) is 11.5 Å². The van der Waals surface area contributed by atoms with Crippen molar-refractivity contribution in [3.05, 3.63) is 48.0 Å². The van der Waals surface area contributed by atoms with Crippen LogP contribution in [0.25, 0.3) is 0 Å². The molecular weight excluding hydrogens is 374 g/mol. The van der Waals surface area contributed by atoms with Gasteiger partial charge in [0.1, 0.15) is 0 Å². The molecule has 29 heavy (non-hydrogen) atoms. The van der Waals surface area contributed by atoms with Crippen molar-refractivity contribution in [2.75, 3.05) is 23.6 Å². The first-order chi connectivity index (χ1) is 14.0. The van der Waals surface area contributed by atoms with Gasteiger partial charge in [-0.1, -0.05) is 12.1 Å². The number of ether oxygens (including phenoxy) is 2. The average Bonchev–Trinajstić information content (AvgIpc) is 3.31. The third kappa shape index (κ3) is 4.16. The van der Waals surface area contributed by atoms with Crippen LogP contribution in [0.15, 0.2) is 42.5 Å². The highest BCUT2D eigenvalue weighted by atomic mass is 16.7. The molecule has 0 saturated carbocycles. The Labute approximate surface area is 167 Å². The second-order valence-electron chi connectivity index (χ2n) is 7.04. The van der Waals surface area contributed by atoms with Crippen LogP contribution in [0, 0.1) is 5.92 Å². The third-order valence-electron chi connectivity index (χ3n) is 4.88. The summed E-state index contributed by atoms with van der Waals surface area (Å²) in [6.07, 6.45) is 0.150. The van der Waals surface area contributed by atoms with E-state index < -0.39 is 5.92 Å². The van der Waals surface area contributed by atoms with Gasteiger partial charge in [0.25, 0.3) is 0 Å². The van der Waals surface area contributed by atoms with Crippen molar-refractivity contribution < 1.29 is 23.9 Å². The van der Waals surface area contributed by atoms with Gasteiger partial charge in [-0.2, -0.15) is 0 Å². The summed E-state index contributed by atoms with van der Waals surface area (Å²) in [4.78, 5) is 37.9. The van der Waals surface area contributed by atoms with E-state index in [1.807, 2.05) is 18.2 Å². The first kappa shape index (κ1) is 18.8. The molecule has 2 N–H and O–H groups in total. The van der Waals surface area contributed by atoms with Crippen LogP contribution in [0.2, 0.25) is 0 Å². The number of hydrogen-bond acceptors (Lipinski definition) is 5. The number of fused-ring (bicyclic) bond motifs is 1. The molecule has 0 aliphatic carbocycles. The highest BCUT2D eigenvalue weighted by molar-refractivity contribution is 6.01. The van der Waals surface area contributed by atoms with Gasteiger partial charge in [-0.15, -0.1) is 0 Å². The molecule has 2 aromatic rings. The van der Waals surface area contributed by atoms with Gasteiger partial charge in [-0.05, 0) is 35.9 Å². The van der Waals surface area contributed by atoms with Gasteiger partial charge in [0, 0.05) is 37.8 Å². The summed E-state index contributed by atoms with van der Waals surface area (Å²) in [5, 5.41) is 5.59. The molecule has 0 radical (unpaired) electrons. The molecule has 0 bridgehead atoms.